The largest absolute Gasteiger partial charge is 1.00 e. The first-order valence-corrected chi connectivity index (χ1v) is 9.21. The smallest absolute Gasteiger partial charge is 0.550 e. The van der Waals surface area contributed by atoms with E-state index in [0.717, 1.165) is 0 Å². The van der Waals surface area contributed by atoms with Crippen molar-refractivity contribution in [3.8, 4) is 0 Å². The summed E-state index contributed by atoms with van der Waals surface area (Å²) in [4.78, 5) is 54.3. The number of aromatic nitrogens is 4. The molecule has 0 amide bonds. The second-order valence-corrected chi connectivity index (χ2v) is 6.63. The fourth-order valence-electron chi connectivity index (χ4n) is 2.09. The SMILES string of the molecule is Nc1ncnc2nc[nH]c12.O=C([O-])CC(O)(CC(=O)[O-])C(=O)[O-].O=C[C@H](O)[C@@H](O)[C@H](O)[C@H](O)CO.[K+].[K+].[K+]. The molecule has 18 nitrogen and oxygen atoms in total. The van der Waals surface area contributed by atoms with Gasteiger partial charge in [-0.1, -0.05) is 0 Å². The minimum absolute atomic E-state index is 0. The van der Waals surface area contributed by atoms with Gasteiger partial charge in [0.15, 0.2) is 17.8 Å². The Hall–Kier alpha value is 1.10. The number of rotatable bonds is 10. The predicted molar refractivity (Wildman–Crippen MR) is 102 cm³/mol. The molecule has 2 aromatic rings. The number of nitrogen functional groups attached to an aromatic ring is 1. The molecule has 196 valence electrons. The first kappa shape index (κ1) is 46.1. The van der Waals surface area contributed by atoms with E-state index in [4.69, 9.17) is 36.4 Å². The van der Waals surface area contributed by atoms with Crippen LogP contribution in [0.15, 0.2) is 12.7 Å². The number of aromatic amines is 1. The molecule has 0 saturated carbocycles. The predicted octanol–water partition coefficient (Wildman–Crippen LogP) is -17.7. The number of aliphatic hydroxyl groups is 6. The van der Waals surface area contributed by atoms with Crippen LogP contribution in [0.5, 0.6) is 0 Å². The van der Waals surface area contributed by atoms with Gasteiger partial charge in [-0.2, -0.15) is 0 Å². The van der Waals surface area contributed by atoms with Crippen LogP contribution in [-0.4, -0.2) is 111 Å². The Labute approximate surface area is 341 Å². The molecule has 2 rings (SSSR count). The minimum Gasteiger partial charge on any atom is -0.550 e. The van der Waals surface area contributed by atoms with Gasteiger partial charge in [0.1, 0.15) is 41.9 Å². The first-order valence-electron chi connectivity index (χ1n) is 9.21. The van der Waals surface area contributed by atoms with Crippen molar-refractivity contribution in [2.75, 3.05) is 12.3 Å². The number of imidazole rings is 1. The third-order valence-electron chi connectivity index (χ3n) is 3.93. The molecule has 0 spiro atoms. The molecule has 0 aromatic carbocycles. The number of hydrogen-bond donors (Lipinski definition) is 8. The van der Waals surface area contributed by atoms with Gasteiger partial charge in [0, 0.05) is 24.8 Å². The normalized spacial score (nSPS) is 13.1. The van der Waals surface area contributed by atoms with E-state index >= 15 is 0 Å². The number of aliphatic hydroxyl groups excluding tert-OH is 5. The zero-order valence-corrected chi connectivity index (χ0v) is 30.0. The minimum atomic E-state index is -2.97. The molecule has 2 aromatic heterocycles. The Kier molecular flexibility index (Phi) is 28.7. The molecule has 0 bridgehead atoms. The Balaban J connectivity index is -0.000000220. The van der Waals surface area contributed by atoms with Gasteiger partial charge in [-0.25, -0.2) is 15.0 Å². The number of H-pyrrole nitrogens is 1. The van der Waals surface area contributed by atoms with E-state index in [0.29, 0.717) is 17.0 Å². The number of nitrogens with two attached hydrogens (primary N) is 1. The molecule has 38 heavy (non-hydrogen) atoms. The van der Waals surface area contributed by atoms with Gasteiger partial charge in [0.2, 0.25) is 0 Å². The standard InChI is InChI=1S/C6H8O7.C6H12O6.C5H5N5.3K/c7-3(8)1-6(13,5(11)12)2-4(9)10;7-1-3(9)5(11)6(12)4(10)2-8;6-4-3-5(9-1-7-3)10-2-8-4;;;/h13H,1-2H2,(H,7,8)(H,9,10)(H,11,12);1,3-6,8-12H,2H2;1-2H,(H3,6,7,8,9,10);;;/q;;;3*+1/p-3/t;3-,4+,5+,6+;;;;/m.0..../s1. The molecule has 0 unspecified atom stereocenters. The van der Waals surface area contributed by atoms with Crippen LogP contribution in [0.4, 0.5) is 5.82 Å². The molecule has 2 heterocycles. The van der Waals surface area contributed by atoms with Crippen molar-refractivity contribution >= 4 is 41.2 Å². The Morgan fingerprint density at radius 1 is 0.974 bits per heavy atom. The van der Waals surface area contributed by atoms with Crippen LogP contribution in [0.1, 0.15) is 12.8 Å². The molecule has 0 saturated heterocycles. The average Bonchev–Trinajstić information content (AvgIpc) is 3.27. The van der Waals surface area contributed by atoms with Crippen LogP contribution in [0.25, 0.3) is 11.2 Å². The number of hydrogen-bond acceptors (Lipinski definition) is 17. The quantitative estimate of drug-likeness (QED) is 0.0901. The first-order chi connectivity index (χ1) is 16.2. The monoisotopic (exact) mass is 621 g/mol. The summed E-state index contributed by atoms with van der Waals surface area (Å²) in [7, 11) is 0. The Morgan fingerprint density at radius 2 is 1.47 bits per heavy atom. The molecular weight excluding hydrogens is 600 g/mol. The Morgan fingerprint density at radius 3 is 1.84 bits per heavy atom. The van der Waals surface area contributed by atoms with E-state index in [-0.39, 0.29) is 160 Å². The van der Waals surface area contributed by atoms with Crippen LogP contribution in [0, 0.1) is 0 Å². The summed E-state index contributed by atoms with van der Waals surface area (Å²) in [5, 5.41) is 82.5. The maximum atomic E-state index is 10.1. The van der Waals surface area contributed by atoms with Gasteiger partial charge in [0.05, 0.1) is 18.9 Å². The summed E-state index contributed by atoms with van der Waals surface area (Å²) in [6, 6.07) is 0. The van der Waals surface area contributed by atoms with Crippen molar-refractivity contribution in [3.05, 3.63) is 12.7 Å². The van der Waals surface area contributed by atoms with Crippen molar-refractivity contribution in [1.29, 1.82) is 0 Å². The van der Waals surface area contributed by atoms with Crippen molar-refractivity contribution in [3.63, 3.8) is 0 Å². The van der Waals surface area contributed by atoms with E-state index in [2.05, 4.69) is 19.9 Å². The summed E-state index contributed by atoms with van der Waals surface area (Å²) in [6.45, 7) is -0.760. The molecule has 9 N–H and O–H groups in total. The van der Waals surface area contributed by atoms with Gasteiger partial charge >= 0.3 is 154 Å². The number of carbonyl (C=O) groups is 4. The third-order valence-corrected chi connectivity index (χ3v) is 3.93. The molecule has 0 aliphatic heterocycles. The summed E-state index contributed by atoms with van der Waals surface area (Å²) in [6.07, 6.45) is -6.63. The van der Waals surface area contributed by atoms with Gasteiger partial charge in [-0.05, 0) is 0 Å². The topological polar surface area (TPSA) is 339 Å². The van der Waals surface area contributed by atoms with E-state index in [1.54, 1.807) is 0 Å². The number of anilines is 1. The third kappa shape index (κ3) is 17.1. The zero-order valence-electron chi connectivity index (χ0n) is 20.6. The van der Waals surface area contributed by atoms with Crippen LogP contribution in [0.2, 0.25) is 0 Å². The number of nitrogens with one attached hydrogen (secondary N) is 1. The summed E-state index contributed by atoms with van der Waals surface area (Å²) in [5.74, 6) is -5.55. The summed E-state index contributed by atoms with van der Waals surface area (Å²) in [5.41, 5.74) is 3.80. The van der Waals surface area contributed by atoms with Gasteiger partial charge in [-0.15, -0.1) is 0 Å². The second kappa shape index (κ2) is 23.6. The summed E-state index contributed by atoms with van der Waals surface area (Å²) < 4.78 is 0. The maximum Gasteiger partial charge on any atom is 1.00 e. The fourth-order valence-corrected chi connectivity index (χ4v) is 2.09. The summed E-state index contributed by atoms with van der Waals surface area (Å²) >= 11 is 0. The number of carboxylic acids is 3. The van der Waals surface area contributed by atoms with Crippen LogP contribution >= 0.6 is 0 Å². The number of carbonyl (C=O) groups excluding carboxylic acids is 4. The molecule has 21 heteroatoms. The van der Waals surface area contributed by atoms with E-state index in [9.17, 15) is 34.5 Å². The van der Waals surface area contributed by atoms with Crippen molar-refractivity contribution < 1.29 is 219 Å². The van der Waals surface area contributed by atoms with Gasteiger partial charge in [0.25, 0.3) is 0 Å². The van der Waals surface area contributed by atoms with E-state index < -0.39 is 67.4 Å². The molecule has 0 fully saturated rings. The van der Waals surface area contributed by atoms with Gasteiger partial charge in [-0.3, -0.25) is 0 Å². The molecule has 0 aliphatic rings. The van der Waals surface area contributed by atoms with Crippen molar-refractivity contribution in [2.45, 2.75) is 42.9 Å². The molecule has 0 aliphatic carbocycles. The number of nitrogens with zero attached hydrogens (tertiary/aromatic N) is 3. The Bertz CT molecular complexity index is 983. The average molecular weight is 622 g/mol. The van der Waals surface area contributed by atoms with Crippen LogP contribution in [0.3, 0.4) is 0 Å². The van der Waals surface area contributed by atoms with E-state index in [1.807, 2.05) is 0 Å². The molecular formula is C17H22K3N5O13. The number of aliphatic carboxylic acids is 3. The van der Waals surface area contributed by atoms with E-state index in [1.165, 1.54) is 12.7 Å². The van der Waals surface area contributed by atoms with Crippen molar-refractivity contribution in [2.24, 2.45) is 0 Å². The maximum absolute atomic E-state index is 10.1. The second-order valence-electron chi connectivity index (χ2n) is 6.63. The van der Waals surface area contributed by atoms with Crippen molar-refractivity contribution in [1.82, 2.24) is 19.9 Å². The van der Waals surface area contributed by atoms with Crippen LogP contribution in [-0.2, 0) is 19.2 Å². The zero-order chi connectivity index (χ0) is 27.3. The number of fused-ring (bicyclic) bond motifs is 1. The number of aldehydes is 1. The van der Waals surface area contributed by atoms with Crippen LogP contribution < -0.4 is 175 Å². The van der Waals surface area contributed by atoms with Gasteiger partial charge < -0.3 is 75.9 Å². The number of carboxylic acid groups (broad SMARTS) is 3. The molecule has 4 atom stereocenters. The fraction of sp³-hybridized carbons (Fsp3) is 0.471. The molecule has 0 radical (unpaired) electrons.